The molecule has 0 saturated carbocycles. The molecule has 8 N–H and O–H groups in total. The number of rotatable bonds is 10. The minimum absolute atomic E-state index is 0.360. The van der Waals surface area contributed by atoms with Crippen LogP contribution in [0.4, 0.5) is 0 Å². The van der Waals surface area contributed by atoms with Crippen LogP contribution in [0.15, 0.2) is 0 Å². The molecule has 0 aromatic rings. The quantitative estimate of drug-likeness (QED) is 0.205. The van der Waals surface area contributed by atoms with E-state index in [-0.39, 0.29) is 6.54 Å². The second-order valence-electron chi connectivity index (χ2n) is 4.76. The largest absolute Gasteiger partial charge is 0.481 e. The fraction of sp³-hybridized carbons (Fsp3) is 0.583. The van der Waals surface area contributed by atoms with Gasteiger partial charge >= 0.3 is 11.9 Å². The van der Waals surface area contributed by atoms with Crippen LogP contribution in [0.5, 0.6) is 0 Å². The molecule has 0 aliphatic heterocycles. The van der Waals surface area contributed by atoms with E-state index >= 15 is 0 Å². The van der Waals surface area contributed by atoms with Crippen molar-refractivity contribution in [3.63, 3.8) is 0 Å². The van der Waals surface area contributed by atoms with Crippen LogP contribution < -0.4 is 21.7 Å². The number of carbonyl (C=O) groups is 5. The third-order valence-corrected chi connectivity index (χ3v) is 2.71. The van der Waals surface area contributed by atoms with E-state index in [4.69, 9.17) is 15.9 Å². The molecule has 0 aliphatic rings. The normalized spacial score (nSPS) is 14.0. The minimum Gasteiger partial charge on any atom is -0.481 e. The van der Waals surface area contributed by atoms with E-state index in [0.29, 0.717) is 0 Å². The highest BCUT2D eigenvalue weighted by Gasteiger charge is 2.30. The first-order valence-corrected chi connectivity index (χ1v) is 6.77. The van der Waals surface area contributed by atoms with Crippen molar-refractivity contribution in [2.24, 2.45) is 5.73 Å². The second kappa shape index (κ2) is 10.1. The molecule has 0 radical (unpaired) electrons. The fourth-order valence-corrected chi connectivity index (χ4v) is 1.52. The van der Waals surface area contributed by atoms with Gasteiger partial charge in [0.2, 0.25) is 17.7 Å². The van der Waals surface area contributed by atoms with Gasteiger partial charge in [-0.2, -0.15) is 0 Å². The minimum atomic E-state index is -1.68. The number of carbonyl (C=O) groups excluding carboxylic acids is 3. The first-order valence-electron chi connectivity index (χ1n) is 6.77. The van der Waals surface area contributed by atoms with Crippen LogP contribution in [0.1, 0.15) is 13.3 Å². The van der Waals surface area contributed by atoms with Gasteiger partial charge in [-0.1, -0.05) is 0 Å². The number of carboxylic acid groups (broad SMARTS) is 2. The van der Waals surface area contributed by atoms with E-state index in [0.717, 1.165) is 6.92 Å². The summed E-state index contributed by atoms with van der Waals surface area (Å²) in [6.07, 6.45) is -2.27. The van der Waals surface area contributed by atoms with Gasteiger partial charge < -0.3 is 37.0 Å². The number of nitrogens with two attached hydrogens (primary N) is 1. The average Bonchev–Trinajstić information content (AvgIpc) is 2.47. The van der Waals surface area contributed by atoms with E-state index in [9.17, 15) is 29.1 Å². The zero-order chi connectivity index (χ0) is 18.9. The molecule has 0 heterocycles. The highest BCUT2D eigenvalue weighted by atomic mass is 16.4. The summed E-state index contributed by atoms with van der Waals surface area (Å²) in [7, 11) is 0. The maximum atomic E-state index is 12.0. The molecule has 3 amide bonds. The van der Waals surface area contributed by atoms with E-state index in [1.54, 1.807) is 0 Å². The van der Waals surface area contributed by atoms with Crippen molar-refractivity contribution in [2.75, 3.05) is 13.1 Å². The van der Waals surface area contributed by atoms with Crippen molar-refractivity contribution in [1.29, 1.82) is 0 Å². The summed E-state index contributed by atoms with van der Waals surface area (Å²) in [6, 6.07) is -3.27. The Morgan fingerprint density at radius 1 is 1.04 bits per heavy atom. The lowest BCUT2D eigenvalue weighted by Crippen LogP contribution is -2.56. The van der Waals surface area contributed by atoms with Crippen molar-refractivity contribution < 1.29 is 39.3 Å². The predicted molar refractivity (Wildman–Crippen MR) is 77.5 cm³/mol. The van der Waals surface area contributed by atoms with Crippen LogP contribution in [0.2, 0.25) is 0 Å². The fourth-order valence-electron chi connectivity index (χ4n) is 1.52. The van der Waals surface area contributed by atoms with E-state index < -0.39 is 60.8 Å². The Hall–Kier alpha value is -2.73. The molecule has 0 bridgehead atoms. The van der Waals surface area contributed by atoms with Gasteiger partial charge in [0.1, 0.15) is 6.04 Å². The average molecular weight is 348 g/mol. The summed E-state index contributed by atoms with van der Waals surface area (Å²) in [5.74, 6) is -5.57. The summed E-state index contributed by atoms with van der Waals surface area (Å²) in [4.78, 5) is 56.2. The molecule has 0 fully saturated rings. The summed E-state index contributed by atoms with van der Waals surface area (Å²) in [5.41, 5.74) is 5.02. The van der Waals surface area contributed by atoms with Crippen LogP contribution >= 0.6 is 0 Å². The maximum Gasteiger partial charge on any atom is 0.328 e. The number of nitrogens with one attached hydrogen (secondary N) is 3. The van der Waals surface area contributed by atoms with Gasteiger partial charge in [-0.25, -0.2) is 4.79 Å². The van der Waals surface area contributed by atoms with Crippen LogP contribution in [-0.2, 0) is 24.0 Å². The second-order valence-corrected chi connectivity index (χ2v) is 4.76. The van der Waals surface area contributed by atoms with Gasteiger partial charge in [0, 0.05) is 0 Å². The summed E-state index contributed by atoms with van der Waals surface area (Å²) < 4.78 is 0. The molecule has 12 heteroatoms. The Kier molecular flexibility index (Phi) is 8.97. The standard InChI is InChI=1S/C12H20N4O8/c1-5(17)10(12(23)24)16-11(22)6(2-9(20)21)15-8(19)4-14-7(18)3-13/h5-6,10,17H,2-4,13H2,1H3,(H,14,18)(H,15,19)(H,16,22)(H,20,21)(H,23,24). The zero-order valence-corrected chi connectivity index (χ0v) is 12.8. The summed E-state index contributed by atoms with van der Waals surface area (Å²) in [5, 5.41) is 33.0. The molecule has 3 unspecified atom stereocenters. The van der Waals surface area contributed by atoms with Gasteiger partial charge in [-0.15, -0.1) is 0 Å². The lowest BCUT2D eigenvalue weighted by molar-refractivity contribution is -0.145. The third-order valence-electron chi connectivity index (χ3n) is 2.71. The zero-order valence-electron chi connectivity index (χ0n) is 12.8. The van der Waals surface area contributed by atoms with E-state index in [1.165, 1.54) is 0 Å². The highest BCUT2D eigenvalue weighted by molar-refractivity contribution is 5.94. The lowest BCUT2D eigenvalue weighted by Gasteiger charge is -2.21. The van der Waals surface area contributed by atoms with E-state index in [2.05, 4.69) is 5.32 Å². The molecule has 0 aliphatic carbocycles. The molecule has 136 valence electrons. The summed E-state index contributed by atoms with van der Waals surface area (Å²) >= 11 is 0. The van der Waals surface area contributed by atoms with Crippen molar-refractivity contribution in [1.82, 2.24) is 16.0 Å². The smallest absolute Gasteiger partial charge is 0.328 e. The molecule has 0 aromatic carbocycles. The Balaban J connectivity index is 4.89. The number of aliphatic carboxylic acids is 2. The molecule has 0 saturated heterocycles. The SMILES string of the molecule is CC(O)C(NC(=O)C(CC(=O)O)NC(=O)CNC(=O)CN)C(=O)O. The number of hydrogen-bond donors (Lipinski definition) is 7. The Morgan fingerprint density at radius 3 is 2.04 bits per heavy atom. The van der Waals surface area contributed by atoms with Gasteiger partial charge in [0.25, 0.3) is 0 Å². The summed E-state index contributed by atoms with van der Waals surface area (Å²) in [6.45, 7) is 0.214. The molecule has 3 atom stereocenters. The predicted octanol–water partition coefficient (Wildman–Crippen LogP) is -4.03. The third kappa shape index (κ3) is 8.05. The van der Waals surface area contributed by atoms with Crippen molar-refractivity contribution in [3.8, 4) is 0 Å². The van der Waals surface area contributed by atoms with Gasteiger partial charge in [0.05, 0.1) is 25.6 Å². The molecule has 12 nitrogen and oxygen atoms in total. The van der Waals surface area contributed by atoms with Gasteiger partial charge in [-0.3, -0.25) is 19.2 Å². The first-order chi connectivity index (χ1) is 11.1. The lowest BCUT2D eigenvalue weighted by atomic mass is 10.1. The number of amides is 3. The Bertz CT molecular complexity index is 507. The van der Waals surface area contributed by atoms with Crippen LogP contribution in [0.25, 0.3) is 0 Å². The molecule has 24 heavy (non-hydrogen) atoms. The number of aliphatic hydroxyl groups is 1. The van der Waals surface area contributed by atoms with Crippen molar-refractivity contribution in [3.05, 3.63) is 0 Å². The Labute approximate surface area is 136 Å². The highest BCUT2D eigenvalue weighted by Crippen LogP contribution is 1.98. The molecule has 0 rings (SSSR count). The van der Waals surface area contributed by atoms with E-state index in [1.807, 2.05) is 10.6 Å². The van der Waals surface area contributed by atoms with Crippen molar-refractivity contribution in [2.45, 2.75) is 31.5 Å². The number of aliphatic hydroxyl groups excluding tert-OH is 1. The van der Waals surface area contributed by atoms with Crippen LogP contribution in [0, 0.1) is 0 Å². The van der Waals surface area contributed by atoms with Crippen LogP contribution in [-0.4, -0.2) is 76.3 Å². The van der Waals surface area contributed by atoms with Gasteiger partial charge in [-0.05, 0) is 6.92 Å². The molecule has 0 aromatic heterocycles. The number of carboxylic acids is 2. The maximum absolute atomic E-state index is 12.0. The van der Waals surface area contributed by atoms with Crippen molar-refractivity contribution >= 4 is 29.7 Å². The molecular weight excluding hydrogens is 328 g/mol. The molecule has 0 spiro atoms. The number of hydrogen-bond acceptors (Lipinski definition) is 7. The Morgan fingerprint density at radius 2 is 1.62 bits per heavy atom. The topological polar surface area (TPSA) is 208 Å². The monoisotopic (exact) mass is 348 g/mol. The molecular formula is C12H20N4O8. The van der Waals surface area contributed by atoms with Crippen LogP contribution in [0.3, 0.4) is 0 Å². The van der Waals surface area contributed by atoms with Gasteiger partial charge in [0.15, 0.2) is 6.04 Å². The first kappa shape index (κ1) is 21.3.